The number of aromatic nitrogens is 3. The summed E-state index contributed by atoms with van der Waals surface area (Å²) in [5.74, 6) is 0. The molecule has 2 heterocycles. The van der Waals surface area contributed by atoms with E-state index in [0.717, 1.165) is 33.0 Å². The molecule has 0 saturated carbocycles. The summed E-state index contributed by atoms with van der Waals surface area (Å²) < 4.78 is 0. The van der Waals surface area contributed by atoms with Crippen LogP contribution in [0.25, 0.3) is 32.9 Å². The molecule has 5 rings (SSSR count). The summed E-state index contributed by atoms with van der Waals surface area (Å²) in [6.07, 6.45) is 1.83. The van der Waals surface area contributed by atoms with Crippen molar-refractivity contribution in [3.05, 3.63) is 72.2 Å². The minimum Gasteiger partial charge on any atom is -0.331 e. The zero-order valence-electron chi connectivity index (χ0n) is 13.2. The molecule has 0 aliphatic carbocycles. The predicted octanol–water partition coefficient (Wildman–Crippen LogP) is 5.58. The van der Waals surface area contributed by atoms with Crippen LogP contribution in [-0.4, -0.2) is 15.2 Å². The highest BCUT2D eigenvalue weighted by atomic mass is 32.1. The number of H-pyrrole nitrogens is 1. The molecule has 2 aromatic heterocycles. The average molecular weight is 342 g/mol. The van der Waals surface area contributed by atoms with Crippen LogP contribution in [0.3, 0.4) is 0 Å². The van der Waals surface area contributed by atoms with Crippen molar-refractivity contribution in [1.82, 2.24) is 15.2 Å². The molecule has 0 aliphatic heterocycles. The van der Waals surface area contributed by atoms with E-state index in [-0.39, 0.29) is 0 Å². The molecule has 5 heteroatoms. The van der Waals surface area contributed by atoms with E-state index in [1.54, 1.807) is 11.3 Å². The molecule has 0 amide bonds. The number of aromatic amines is 1. The molecular formula is C20H14N4S. The smallest absolute Gasteiger partial charge is 0.187 e. The van der Waals surface area contributed by atoms with Crippen molar-refractivity contribution in [3.63, 3.8) is 0 Å². The number of nitrogens with zero attached hydrogens (tertiary/aromatic N) is 2. The van der Waals surface area contributed by atoms with E-state index in [4.69, 9.17) is 4.98 Å². The van der Waals surface area contributed by atoms with Gasteiger partial charge in [0.2, 0.25) is 0 Å². The highest BCUT2D eigenvalue weighted by Gasteiger charge is 2.08. The van der Waals surface area contributed by atoms with E-state index >= 15 is 0 Å². The maximum absolute atomic E-state index is 4.75. The van der Waals surface area contributed by atoms with E-state index in [2.05, 4.69) is 63.4 Å². The Morgan fingerprint density at radius 2 is 1.84 bits per heavy atom. The minimum absolute atomic E-state index is 0.872. The van der Waals surface area contributed by atoms with Gasteiger partial charge in [0.1, 0.15) is 0 Å². The first-order valence-corrected chi connectivity index (χ1v) is 8.89. The Hall–Kier alpha value is -3.18. The quantitative estimate of drug-likeness (QED) is 0.450. The summed E-state index contributed by atoms with van der Waals surface area (Å²) in [7, 11) is 0. The molecule has 0 bridgehead atoms. The van der Waals surface area contributed by atoms with Crippen molar-refractivity contribution in [3.8, 4) is 11.3 Å². The molecule has 5 aromatic rings. The largest absolute Gasteiger partial charge is 0.331 e. The van der Waals surface area contributed by atoms with Gasteiger partial charge in [-0.2, -0.15) is 5.10 Å². The summed E-state index contributed by atoms with van der Waals surface area (Å²) in [6, 6.07) is 20.9. The molecule has 2 N–H and O–H groups in total. The average Bonchev–Trinajstić information content (AvgIpc) is 3.31. The number of rotatable bonds is 3. The first kappa shape index (κ1) is 14.2. The number of nitrogens with one attached hydrogen (secondary N) is 2. The molecule has 3 aromatic carbocycles. The Kier molecular flexibility index (Phi) is 3.24. The van der Waals surface area contributed by atoms with Crippen LogP contribution in [0.1, 0.15) is 0 Å². The van der Waals surface area contributed by atoms with Crippen molar-refractivity contribution in [1.29, 1.82) is 0 Å². The van der Waals surface area contributed by atoms with Gasteiger partial charge in [0, 0.05) is 16.3 Å². The fraction of sp³-hybridized carbons (Fsp3) is 0. The highest BCUT2D eigenvalue weighted by Crippen LogP contribution is 2.31. The van der Waals surface area contributed by atoms with Gasteiger partial charge in [0.15, 0.2) is 5.13 Å². The third-order valence-electron chi connectivity index (χ3n) is 4.28. The molecule has 0 atom stereocenters. The molecule has 0 radical (unpaired) electrons. The van der Waals surface area contributed by atoms with Crippen LogP contribution in [0, 0.1) is 0 Å². The lowest BCUT2D eigenvalue weighted by molar-refractivity contribution is 1.12. The lowest BCUT2D eigenvalue weighted by Gasteiger charge is -2.04. The van der Waals surface area contributed by atoms with Crippen LogP contribution in [0.4, 0.5) is 10.8 Å². The van der Waals surface area contributed by atoms with Crippen LogP contribution in [0.2, 0.25) is 0 Å². The van der Waals surface area contributed by atoms with Crippen molar-refractivity contribution in [2.75, 3.05) is 5.32 Å². The van der Waals surface area contributed by atoms with E-state index in [1.807, 2.05) is 24.4 Å². The van der Waals surface area contributed by atoms with Crippen LogP contribution in [0.5, 0.6) is 0 Å². The van der Waals surface area contributed by atoms with Gasteiger partial charge in [-0.05, 0) is 29.0 Å². The normalized spacial score (nSPS) is 11.2. The monoisotopic (exact) mass is 342 g/mol. The zero-order chi connectivity index (χ0) is 16.6. The van der Waals surface area contributed by atoms with E-state index in [9.17, 15) is 0 Å². The highest BCUT2D eigenvalue weighted by molar-refractivity contribution is 7.14. The lowest BCUT2D eigenvalue weighted by atomic mass is 10.1. The van der Waals surface area contributed by atoms with E-state index in [1.165, 1.54) is 10.8 Å². The third-order valence-corrected chi connectivity index (χ3v) is 5.03. The summed E-state index contributed by atoms with van der Waals surface area (Å²) >= 11 is 1.60. The van der Waals surface area contributed by atoms with Gasteiger partial charge in [0.25, 0.3) is 0 Å². The summed E-state index contributed by atoms with van der Waals surface area (Å²) in [5.41, 5.74) is 4.13. The van der Waals surface area contributed by atoms with Crippen molar-refractivity contribution in [2.24, 2.45) is 0 Å². The fourth-order valence-electron chi connectivity index (χ4n) is 3.00. The van der Waals surface area contributed by atoms with E-state index < -0.39 is 0 Å². The minimum atomic E-state index is 0.872. The fourth-order valence-corrected chi connectivity index (χ4v) is 3.74. The van der Waals surface area contributed by atoms with Gasteiger partial charge in [-0.3, -0.25) is 5.10 Å². The second-order valence-electron chi connectivity index (χ2n) is 5.86. The summed E-state index contributed by atoms with van der Waals surface area (Å²) in [5, 5.41) is 17.0. The molecule has 25 heavy (non-hydrogen) atoms. The van der Waals surface area contributed by atoms with Crippen molar-refractivity contribution < 1.29 is 0 Å². The van der Waals surface area contributed by atoms with Gasteiger partial charge in [0.05, 0.1) is 23.1 Å². The first-order valence-electron chi connectivity index (χ1n) is 8.01. The van der Waals surface area contributed by atoms with Crippen LogP contribution in [0.15, 0.2) is 72.2 Å². The van der Waals surface area contributed by atoms with Crippen LogP contribution >= 0.6 is 11.3 Å². The van der Waals surface area contributed by atoms with E-state index in [0.29, 0.717) is 0 Å². The maximum Gasteiger partial charge on any atom is 0.187 e. The second kappa shape index (κ2) is 5.72. The standard InChI is InChI=1S/C20H14N4S/c1-2-5-14-10-15(9-8-13(14)4-1)19-12-25-20(23-19)22-17-6-3-7-18-16(17)11-21-24-18/h1-12H,(H,21,24)(H,22,23). The molecule has 0 saturated heterocycles. The zero-order valence-corrected chi connectivity index (χ0v) is 14.0. The molecule has 0 unspecified atom stereocenters. The number of fused-ring (bicyclic) bond motifs is 2. The Morgan fingerprint density at radius 1 is 0.920 bits per heavy atom. The lowest BCUT2D eigenvalue weighted by Crippen LogP contribution is -1.90. The summed E-state index contributed by atoms with van der Waals surface area (Å²) in [6.45, 7) is 0. The SMILES string of the molecule is c1ccc2cc(-c3csc(Nc4cccc5[nH]ncc45)n3)ccc2c1. The van der Waals surface area contributed by atoms with Gasteiger partial charge >= 0.3 is 0 Å². The number of anilines is 2. The number of thiazole rings is 1. The molecule has 0 spiro atoms. The van der Waals surface area contributed by atoms with Crippen LogP contribution in [-0.2, 0) is 0 Å². The predicted molar refractivity (Wildman–Crippen MR) is 104 cm³/mol. The number of hydrogen-bond donors (Lipinski definition) is 2. The van der Waals surface area contributed by atoms with Crippen molar-refractivity contribution in [2.45, 2.75) is 0 Å². The topological polar surface area (TPSA) is 53.6 Å². The number of benzene rings is 3. The van der Waals surface area contributed by atoms with Gasteiger partial charge in [-0.1, -0.05) is 42.5 Å². The maximum atomic E-state index is 4.75. The molecule has 120 valence electrons. The Balaban J connectivity index is 1.49. The second-order valence-corrected chi connectivity index (χ2v) is 6.72. The summed E-state index contributed by atoms with van der Waals surface area (Å²) in [4.78, 5) is 4.75. The molecule has 4 nitrogen and oxygen atoms in total. The van der Waals surface area contributed by atoms with Crippen LogP contribution < -0.4 is 5.32 Å². The van der Waals surface area contributed by atoms with Gasteiger partial charge in [-0.25, -0.2) is 4.98 Å². The van der Waals surface area contributed by atoms with Crippen molar-refractivity contribution >= 4 is 43.8 Å². The molecule has 0 fully saturated rings. The third kappa shape index (κ3) is 2.55. The molecular weight excluding hydrogens is 328 g/mol. The molecule has 0 aliphatic rings. The Labute approximate surface area is 148 Å². The van der Waals surface area contributed by atoms with Gasteiger partial charge < -0.3 is 5.32 Å². The Bertz CT molecular complexity index is 1190. The first-order chi connectivity index (χ1) is 12.4. The number of hydrogen-bond acceptors (Lipinski definition) is 4. The Morgan fingerprint density at radius 3 is 2.80 bits per heavy atom. The van der Waals surface area contributed by atoms with Gasteiger partial charge in [-0.15, -0.1) is 11.3 Å².